The molecule has 0 aliphatic carbocycles. The predicted molar refractivity (Wildman–Crippen MR) is 114 cm³/mol. The van der Waals surface area contributed by atoms with Crippen molar-refractivity contribution >= 4 is 28.4 Å². The second-order valence-electron chi connectivity index (χ2n) is 8.07. The SMILES string of the molecule is Cc1cc2ccccc2n2c(=O)n(C[C@H](C)NC(=O)CCCN3CCCC3=O)nc12. The summed E-state index contributed by atoms with van der Waals surface area (Å²) in [5, 5.41) is 8.43. The third-order valence-electron chi connectivity index (χ3n) is 5.60. The number of aromatic nitrogens is 3. The van der Waals surface area contributed by atoms with Gasteiger partial charge in [0.05, 0.1) is 12.1 Å². The predicted octanol–water partition coefficient (Wildman–Crippen LogP) is 1.86. The zero-order valence-corrected chi connectivity index (χ0v) is 17.4. The van der Waals surface area contributed by atoms with E-state index in [0.29, 0.717) is 38.0 Å². The maximum absolute atomic E-state index is 13.0. The first-order valence-electron chi connectivity index (χ1n) is 10.5. The minimum absolute atomic E-state index is 0.0763. The summed E-state index contributed by atoms with van der Waals surface area (Å²) < 4.78 is 3.05. The zero-order valence-electron chi connectivity index (χ0n) is 17.4. The lowest BCUT2D eigenvalue weighted by molar-refractivity contribution is -0.128. The van der Waals surface area contributed by atoms with E-state index in [2.05, 4.69) is 10.4 Å². The van der Waals surface area contributed by atoms with Crippen molar-refractivity contribution in [3.8, 4) is 0 Å². The Morgan fingerprint density at radius 1 is 1.27 bits per heavy atom. The highest BCUT2D eigenvalue weighted by Gasteiger charge is 2.20. The number of rotatable bonds is 7. The standard InChI is InChI=1S/C22H27N5O3/c1-15-13-17-7-3-4-8-18(17)27-21(15)24-26(22(27)30)14-16(2)23-19(28)9-5-11-25-12-6-10-20(25)29/h3-4,7-8,13,16H,5-6,9-12,14H2,1-2H3,(H,23,28)/t16-/m0/s1. The van der Waals surface area contributed by atoms with Gasteiger partial charge in [-0.25, -0.2) is 13.9 Å². The van der Waals surface area contributed by atoms with Crippen molar-refractivity contribution in [2.75, 3.05) is 13.1 Å². The van der Waals surface area contributed by atoms with Crippen LogP contribution in [0.15, 0.2) is 35.1 Å². The molecule has 1 aliphatic rings. The normalized spacial score (nSPS) is 15.3. The molecule has 0 bridgehead atoms. The number of fused-ring (bicyclic) bond motifs is 3. The Bertz CT molecular complexity index is 1160. The average Bonchev–Trinajstić information content (AvgIpc) is 3.26. The van der Waals surface area contributed by atoms with Crippen molar-refractivity contribution < 1.29 is 9.59 Å². The van der Waals surface area contributed by atoms with Crippen molar-refractivity contribution in [2.24, 2.45) is 0 Å². The van der Waals surface area contributed by atoms with Gasteiger partial charge in [-0.15, -0.1) is 5.10 Å². The molecule has 158 valence electrons. The van der Waals surface area contributed by atoms with Crippen LogP contribution in [0.5, 0.6) is 0 Å². The molecule has 0 spiro atoms. The number of aryl methyl sites for hydroxylation is 1. The monoisotopic (exact) mass is 409 g/mol. The third-order valence-corrected chi connectivity index (χ3v) is 5.60. The quantitative estimate of drug-likeness (QED) is 0.645. The first-order chi connectivity index (χ1) is 14.4. The van der Waals surface area contributed by atoms with Crippen molar-refractivity contribution in [3.63, 3.8) is 0 Å². The van der Waals surface area contributed by atoms with E-state index in [0.717, 1.165) is 29.4 Å². The number of hydrogen-bond donors (Lipinski definition) is 1. The van der Waals surface area contributed by atoms with E-state index >= 15 is 0 Å². The highest BCUT2D eigenvalue weighted by molar-refractivity contribution is 5.83. The van der Waals surface area contributed by atoms with E-state index in [4.69, 9.17) is 0 Å². The Morgan fingerprint density at radius 2 is 2.07 bits per heavy atom. The molecule has 0 unspecified atom stereocenters. The summed E-state index contributed by atoms with van der Waals surface area (Å²) >= 11 is 0. The van der Waals surface area contributed by atoms with E-state index in [1.807, 2.05) is 49.1 Å². The lowest BCUT2D eigenvalue weighted by Gasteiger charge is -2.16. The molecule has 4 rings (SSSR count). The summed E-state index contributed by atoms with van der Waals surface area (Å²) in [6, 6.07) is 9.52. The number of nitrogens with zero attached hydrogens (tertiary/aromatic N) is 4. The van der Waals surface area contributed by atoms with Crippen LogP contribution in [0.25, 0.3) is 16.6 Å². The first-order valence-corrected chi connectivity index (χ1v) is 10.5. The van der Waals surface area contributed by atoms with Gasteiger partial charge in [-0.2, -0.15) is 0 Å². The van der Waals surface area contributed by atoms with Crippen LogP contribution in [-0.4, -0.2) is 50.0 Å². The Morgan fingerprint density at radius 3 is 2.83 bits per heavy atom. The van der Waals surface area contributed by atoms with Gasteiger partial charge >= 0.3 is 5.69 Å². The molecule has 0 saturated carbocycles. The van der Waals surface area contributed by atoms with E-state index < -0.39 is 0 Å². The first kappa shape index (κ1) is 20.1. The Hall–Kier alpha value is -3.16. The molecule has 2 amide bonds. The van der Waals surface area contributed by atoms with Crippen molar-refractivity contribution in [2.45, 2.75) is 52.1 Å². The smallest absolute Gasteiger partial charge is 0.350 e. The molecular weight excluding hydrogens is 382 g/mol. The van der Waals surface area contributed by atoms with Crippen molar-refractivity contribution in [1.29, 1.82) is 0 Å². The fourth-order valence-corrected chi connectivity index (χ4v) is 4.13. The summed E-state index contributed by atoms with van der Waals surface area (Å²) in [6.45, 7) is 5.52. The average molecular weight is 409 g/mol. The van der Waals surface area contributed by atoms with Gasteiger partial charge in [-0.05, 0) is 49.8 Å². The molecule has 2 aromatic heterocycles. The molecule has 30 heavy (non-hydrogen) atoms. The zero-order chi connectivity index (χ0) is 21.3. The van der Waals surface area contributed by atoms with E-state index in [9.17, 15) is 14.4 Å². The highest BCUT2D eigenvalue weighted by atomic mass is 16.2. The van der Waals surface area contributed by atoms with Crippen LogP contribution in [0, 0.1) is 6.92 Å². The van der Waals surface area contributed by atoms with Gasteiger partial charge in [0, 0.05) is 32.0 Å². The van der Waals surface area contributed by atoms with Gasteiger partial charge in [0.15, 0.2) is 5.65 Å². The highest BCUT2D eigenvalue weighted by Crippen LogP contribution is 2.18. The summed E-state index contributed by atoms with van der Waals surface area (Å²) in [6.07, 6.45) is 2.53. The van der Waals surface area contributed by atoms with Crippen LogP contribution in [0.4, 0.5) is 0 Å². The fourth-order valence-electron chi connectivity index (χ4n) is 4.13. The number of para-hydroxylation sites is 1. The largest absolute Gasteiger partial charge is 0.352 e. The maximum Gasteiger partial charge on any atom is 0.350 e. The Kier molecular flexibility index (Phi) is 5.57. The van der Waals surface area contributed by atoms with Gasteiger partial charge < -0.3 is 10.2 Å². The molecule has 1 saturated heterocycles. The lowest BCUT2D eigenvalue weighted by Crippen LogP contribution is -2.38. The molecule has 3 heterocycles. The summed E-state index contributed by atoms with van der Waals surface area (Å²) in [4.78, 5) is 38.7. The van der Waals surface area contributed by atoms with Gasteiger partial charge in [-0.3, -0.25) is 9.59 Å². The van der Waals surface area contributed by atoms with E-state index in [1.165, 1.54) is 4.68 Å². The van der Waals surface area contributed by atoms with E-state index in [1.54, 1.807) is 4.40 Å². The van der Waals surface area contributed by atoms with Crippen LogP contribution >= 0.6 is 0 Å². The van der Waals surface area contributed by atoms with Crippen LogP contribution in [0.2, 0.25) is 0 Å². The summed E-state index contributed by atoms with van der Waals surface area (Å²) in [5.41, 5.74) is 2.17. The molecule has 1 aliphatic heterocycles. The van der Waals surface area contributed by atoms with Gasteiger partial charge in [-0.1, -0.05) is 18.2 Å². The molecule has 1 atom stereocenters. The number of likely N-dealkylation sites (tertiary alicyclic amines) is 1. The van der Waals surface area contributed by atoms with E-state index in [-0.39, 0.29) is 23.5 Å². The number of hydrogen-bond acceptors (Lipinski definition) is 4. The maximum atomic E-state index is 13.0. The summed E-state index contributed by atoms with van der Waals surface area (Å²) in [5.74, 6) is 0.102. The van der Waals surface area contributed by atoms with Crippen LogP contribution in [0.1, 0.15) is 38.2 Å². The number of nitrogens with one attached hydrogen (secondary N) is 1. The molecule has 0 radical (unpaired) electrons. The Labute approximate surface area is 174 Å². The van der Waals surface area contributed by atoms with Gasteiger partial charge in [0.25, 0.3) is 0 Å². The topological polar surface area (TPSA) is 88.7 Å². The molecule has 8 heteroatoms. The second kappa shape index (κ2) is 8.30. The van der Waals surface area contributed by atoms with Gasteiger partial charge in [0.1, 0.15) is 0 Å². The van der Waals surface area contributed by atoms with Crippen molar-refractivity contribution in [1.82, 2.24) is 24.4 Å². The molecule has 1 N–H and O–H groups in total. The molecule has 1 aromatic carbocycles. The molecule has 1 fully saturated rings. The fraction of sp³-hybridized carbons (Fsp3) is 0.455. The molecular formula is C22H27N5O3. The number of carbonyl (C=O) groups excluding carboxylic acids is 2. The third kappa shape index (κ3) is 3.94. The van der Waals surface area contributed by atoms with Crippen LogP contribution in [0.3, 0.4) is 0 Å². The lowest BCUT2D eigenvalue weighted by atomic mass is 10.1. The minimum Gasteiger partial charge on any atom is -0.352 e. The summed E-state index contributed by atoms with van der Waals surface area (Å²) in [7, 11) is 0. The molecule has 3 aromatic rings. The number of pyridine rings is 1. The van der Waals surface area contributed by atoms with Crippen molar-refractivity contribution in [3.05, 3.63) is 46.4 Å². The molecule has 8 nitrogen and oxygen atoms in total. The number of amides is 2. The number of benzene rings is 1. The minimum atomic E-state index is -0.236. The van der Waals surface area contributed by atoms with Crippen LogP contribution in [-0.2, 0) is 16.1 Å². The second-order valence-corrected chi connectivity index (χ2v) is 8.07. The Balaban J connectivity index is 1.41. The van der Waals surface area contributed by atoms with Crippen LogP contribution < -0.4 is 11.0 Å². The number of carbonyl (C=O) groups is 2. The van der Waals surface area contributed by atoms with Gasteiger partial charge in [0.2, 0.25) is 11.8 Å².